The van der Waals surface area contributed by atoms with Gasteiger partial charge >= 0.3 is 5.97 Å². The fraction of sp³-hybridized carbons (Fsp3) is 0.533. The smallest absolute Gasteiger partial charge is 0.328 e. The molecule has 0 saturated carbocycles. The Bertz CT molecular complexity index is 430. The molecule has 0 aliphatic rings. The summed E-state index contributed by atoms with van der Waals surface area (Å²) in [6.07, 6.45) is -0.411. The summed E-state index contributed by atoms with van der Waals surface area (Å²) in [4.78, 5) is 12.0. The SMILES string of the molecule is CCC(NCc1ccc(OC)cc1)(C(=O)OC)[C@@H](C)O. The molecule has 0 bridgehead atoms. The fourth-order valence-electron chi connectivity index (χ4n) is 2.14. The molecule has 0 radical (unpaired) electrons. The van der Waals surface area contributed by atoms with Gasteiger partial charge in [-0.25, -0.2) is 4.79 Å². The molecule has 5 heteroatoms. The Hall–Kier alpha value is -1.59. The second-order valence-electron chi connectivity index (χ2n) is 4.69. The summed E-state index contributed by atoms with van der Waals surface area (Å²) in [6.45, 7) is 3.88. The predicted molar refractivity (Wildman–Crippen MR) is 76.6 cm³/mol. The zero-order valence-corrected chi connectivity index (χ0v) is 12.5. The number of esters is 1. The zero-order valence-electron chi connectivity index (χ0n) is 12.5. The van der Waals surface area contributed by atoms with Gasteiger partial charge in [-0.1, -0.05) is 19.1 Å². The van der Waals surface area contributed by atoms with E-state index in [-0.39, 0.29) is 0 Å². The lowest BCUT2D eigenvalue weighted by atomic mass is 9.89. The molecule has 0 amide bonds. The maximum absolute atomic E-state index is 12.0. The number of carbonyl (C=O) groups excluding carboxylic acids is 1. The highest BCUT2D eigenvalue weighted by atomic mass is 16.5. The first-order chi connectivity index (χ1) is 9.50. The lowest BCUT2D eigenvalue weighted by molar-refractivity contribution is -0.154. The molecule has 0 aliphatic carbocycles. The van der Waals surface area contributed by atoms with Gasteiger partial charge in [0.05, 0.1) is 20.3 Å². The van der Waals surface area contributed by atoms with Crippen molar-refractivity contribution in [2.45, 2.75) is 38.5 Å². The predicted octanol–water partition coefficient (Wildman–Crippen LogP) is 1.49. The van der Waals surface area contributed by atoms with Crippen molar-refractivity contribution in [2.75, 3.05) is 14.2 Å². The Labute approximate surface area is 119 Å². The minimum Gasteiger partial charge on any atom is -0.497 e. The topological polar surface area (TPSA) is 67.8 Å². The molecule has 0 spiro atoms. The second-order valence-corrected chi connectivity index (χ2v) is 4.69. The molecule has 1 aromatic carbocycles. The molecule has 1 unspecified atom stereocenters. The van der Waals surface area contributed by atoms with E-state index in [4.69, 9.17) is 9.47 Å². The molecular weight excluding hydrogens is 258 g/mol. The molecule has 0 aliphatic heterocycles. The van der Waals surface area contributed by atoms with Gasteiger partial charge < -0.3 is 14.6 Å². The van der Waals surface area contributed by atoms with E-state index < -0.39 is 17.6 Å². The van der Waals surface area contributed by atoms with Gasteiger partial charge in [0.25, 0.3) is 0 Å². The van der Waals surface area contributed by atoms with Crippen LogP contribution in [0.25, 0.3) is 0 Å². The van der Waals surface area contributed by atoms with Gasteiger partial charge in [-0.3, -0.25) is 5.32 Å². The number of ether oxygens (including phenoxy) is 2. The molecule has 2 atom stereocenters. The maximum Gasteiger partial charge on any atom is 0.328 e. The lowest BCUT2D eigenvalue weighted by Gasteiger charge is -2.33. The Kier molecular flexibility index (Phi) is 5.98. The van der Waals surface area contributed by atoms with Crippen molar-refractivity contribution in [3.8, 4) is 5.75 Å². The number of rotatable bonds is 7. The summed E-state index contributed by atoms with van der Waals surface area (Å²) in [7, 11) is 2.93. The van der Waals surface area contributed by atoms with E-state index in [9.17, 15) is 9.90 Å². The standard InChI is InChI=1S/C15H23NO4/c1-5-15(11(2)17,14(18)20-4)16-10-12-6-8-13(19-3)9-7-12/h6-9,11,16-17H,5,10H2,1-4H3/t11-,15?/m1/s1. The molecule has 112 valence electrons. The third kappa shape index (κ3) is 3.49. The minimum absolute atomic E-state index is 0.438. The Morgan fingerprint density at radius 2 is 1.95 bits per heavy atom. The van der Waals surface area contributed by atoms with E-state index in [1.54, 1.807) is 14.0 Å². The normalized spacial score (nSPS) is 15.2. The molecule has 20 heavy (non-hydrogen) atoms. The van der Waals surface area contributed by atoms with Gasteiger partial charge in [0.1, 0.15) is 11.3 Å². The number of nitrogens with one attached hydrogen (secondary N) is 1. The van der Waals surface area contributed by atoms with Crippen LogP contribution < -0.4 is 10.1 Å². The second kappa shape index (κ2) is 7.26. The van der Waals surface area contributed by atoms with Gasteiger partial charge in [-0.15, -0.1) is 0 Å². The van der Waals surface area contributed by atoms with Gasteiger partial charge in [0.15, 0.2) is 0 Å². The molecule has 2 N–H and O–H groups in total. The van der Waals surface area contributed by atoms with Crippen molar-refractivity contribution >= 4 is 5.97 Å². The average Bonchev–Trinajstić information content (AvgIpc) is 2.48. The summed E-state index contributed by atoms with van der Waals surface area (Å²) in [6, 6.07) is 7.52. The first-order valence-corrected chi connectivity index (χ1v) is 6.64. The van der Waals surface area contributed by atoms with Crippen molar-refractivity contribution in [3.05, 3.63) is 29.8 Å². The van der Waals surface area contributed by atoms with Crippen LogP contribution in [0.15, 0.2) is 24.3 Å². The molecule has 5 nitrogen and oxygen atoms in total. The van der Waals surface area contributed by atoms with Crippen molar-refractivity contribution in [1.82, 2.24) is 5.32 Å². The van der Waals surface area contributed by atoms with Crippen LogP contribution in [0.1, 0.15) is 25.8 Å². The maximum atomic E-state index is 12.0. The fourth-order valence-corrected chi connectivity index (χ4v) is 2.14. The van der Waals surface area contributed by atoms with E-state index >= 15 is 0 Å². The number of hydrogen-bond acceptors (Lipinski definition) is 5. The van der Waals surface area contributed by atoms with Crippen molar-refractivity contribution in [2.24, 2.45) is 0 Å². The Balaban J connectivity index is 2.82. The first-order valence-electron chi connectivity index (χ1n) is 6.64. The number of hydrogen-bond donors (Lipinski definition) is 2. The third-order valence-corrected chi connectivity index (χ3v) is 3.59. The molecule has 0 saturated heterocycles. The average molecular weight is 281 g/mol. The molecular formula is C15H23NO4. The van der Waals surface area contributed by atoms with Crippen molar-refractivity contribution in [1.29, 1.82) is 0 Å². The number of methoxy groups -OCH3 is 2. The minimum atomic E-state index is -1.09. The van der Waals surface area contributed by atoms with Crippen LogP contribution >= 0.6 is 0 Å². The van der Waals surface area contributed by atoms with Crippen LogP contribution in [0.3, 0.4) is 0 Å². The number of carbonyl (C=O) groups is 1. The highest BCUT2D eigenvalue weighted by molar-refractivity contribution is 5.81. The summed E-state index contributed by atoms with van der Waals surface area (Å²) in [5.41, 5.74) is -0.0949. The van der Waals surface area contributed by atoms with E-state index in [0.29, 0.717) is 13.0 Å². The van der Waals surface area contributed by atoms with E-state index in [1.165, 1.54) is 7.11 Å². The van der Waals surface area contributed by atoms with Gasteiger partial charge in [0.2, 0.25) is 0 Å². The monoisotopic (exact) mass is 281 g/mol. The molecule has 1 aromatic rings. The molecule has 0 heterocycles. The van der Waals surface area contributed by atoms with E-state index in [1.807, 2.05) is 31.2 Å². The highest BCUT2D eigenvalue weighted by Gasteiger charge is 2.42. The van der Waals surface area contributed by atoms with Gasteiger partial charge in [-0.05, 0) is 31.0 Å². The third-order valence-electron chi connectivity index (χ3n) is 3.59. The van der Waals surface area contributed by atoms with Gasteiger partial charge in [0, 0.05) is 6.54 Å². The van der Waals surface area contributed by atoms with E-state index in [0.717, 1.165) is 11.3 Å². The van der Waals surface area contributed by atoms with Crippen LogP contribution in [0.5, 0.6) is 5.75 Å². The Morgan fingerprint density at radius 1 is 1.35 bits per heavy atom. The van der Waals surface area contributed by atoms with Crippen LogP contribution in [0.4, 0.5) is 0 Å². The van der Waals surface area contributed by atoms with Crippen molar-refractivity contribution < 1.29 is 19.4 Å². The molecule has 1 rings (SSSR count). The quantitative estimate of drug-likeness (QED) is 0.741. The zero-order chi connectivity index (χ0) is 15.2. The summed E-state index contributed by atoms with van der Waals surface area (Å²) < 4.78 is 9.91. The summed E-state index contributed by atoms with van der Waals surface area (Å²) >= 11 is 0. The number of benzene rings is 1. The van der Waals surface area contributed by atoms with Crippen molar-refractivity contribution in [3.63, 3.8) is 0 Å². The molecule has 0 fully saturated rings. The van der Waals surface area contributed by atoms with Crippen LogP contribution in [0, 0.1) is 0 Å². The van der Waals surface area contributed by atoms with Crippen LogP contribution in [-0.2, 0) is 16.1 Å². The van der Waals surface area contributed by atoms with Crippen LogP contribution in [0.2, 0.25) is 0 Å². The van der Waals surface area contributed by atoms with Crippen LogP contribution in [-0.4, -0.2) is 36.9 Å². The summed E-state index contributed by atoms with van der Waals surface area (Å²) in [5, 5.41) is 13.1. The molecule has 0 aromatic heterocycles. The summed E-state index contributed by atoms with van der Waals surface area (Å²) in [5.74, 6) is 0.322. The lowest BCUT2D eigenvalue weighted by Crippen LogP contribution is -2.59. The number of aliphatic hydroxyl groups is 1. The first kappa shape index (κ1) is 16.5. The largest absolute Gasteiger partial charge is 0.497 e. The highest BCUT2D eigenvalue weighted by Crippen LogP contribution is 2.19. The van der Waals surface area contributed by atoms with Gasteiger partial charge in [-0.2, -0.15) is 0 Å². The number of aliphatic hydroxyl groups excluding tert-OH is 1. The van der Waals surface area contributed by atoms with E-state index in [2.05, 4.69) is 5.32 Å². The Morgan fingerprint density at radius 3 is 2.35 bits per heavy atom.